The van der Waals surface area contributed by atoms with Crippen LogP contribution in [0, 0.1) is 5.82 Å². The van der Waals surface area contributed by atoms with E-state index in [0.717, 1.165) is 5.69 Å². The van der Waals surface area contributed by atoms with Crippen molar-refractivity contribution < 1.29 is 13.9 Å². The fourth-order valence-electron chi connectivity index (χ4n) is 1.36. The molecule has 2 N–H and O–H groups in total. The highest BCUT2D eigenvalue weighted by Gasteiger charge is 2.07. The van der Waals surface area contributed by atoms with Crippen molar-refractivity contribution in [1.82, 2.24) is 15.3 Å². The highest BCUT2D eigenvalue weighted by Crippen LogP contribution is 2.21. The minimum Gasteiger partial charge on any atom is -0.481 e. The number of hydrogen-bond donors (Lipinski definition) is 2. The van der Waals surface area contributed by atoms with E-state index < -0.39 is 5.82 Å². The van der Waals surface area contributed by atoms with E-state index in [2.05, 4.69) is 31.2 Å². The fourth-order valence-corrected chi connectivity index (χ4v) is 1.69. The molecule has 19 heavy (non-hydrogen) atoms. The summed E-state index contributed by atoms with van der Waals surface area (Å²) in [4.78, 5) is 18.2. The normalized spacial score (nSPS) is 10.2. The summed E-state index contributed by atoms with van der Waals surface area (Å²) >= 11 is 3.14. The van der Waals surface area contributed by atoms with Gasteiger partial charge in [0.15, 0.2) is 18.2 Å². The van der Waals surface area contributed by atoms with Gasteiger partial charge in [-0.05, 0) is 18.2 Å². The van der Waals surface area contributed by atoms with Crippen LogP contribution in [-0.2, 0) is 11.3 Å². The van der Waals surface area contributed by atoms with Gasteiger partial charge in [-0.25, -0.2) is 9.37 Å². The number of ether oxygens (including phenoxy) is 1. The number of carbonyl (C=O) groups excluding carboxylic acids is 1. The van der Waals surface area contributed by atoms with Gasteiger partial charge < -0.3 is 15.0 Å². The molecule has 1 heterocycles. The Morgan fingerprint density at radius 3 is 3.05 bits per heavy atom. The second kappa shape index (κ2) is 6.33. The summed E-state index contributed by atoms with van der Waals surface area (Å²) in [5, 5.41) is 2.62. The first-order valence-electron chi connectivity index (χ1n) is 5.47. The number of aromatic nitrogens is 2. The van der Waals surface area contributed by atoms with E-state index in [9.17, 15) is 9.18 Å². The van der Waals surface area contributed by atoms with Crippen molar-refractivity contribution in [3.8, 4) is 5.75 Å². The summed E-state index contributed by atoms with van der Waals surface area (Å²) in [6.45, 7) is 0.0811. The van der Waals surface area contributed by atoms with Crippen LogP contribution in [-0.4, -0.2) is 22.5 Å². The molecule has 0 aliphatic rings. The van der Waals surface area contributed by atoms with Gasteiger partial charge in [0.1, 0.15) is 0 Å². The summed E-state index contributed by atoms with van der Waals surface area (Å²) in [7, 11) is 0. The van der Waals surface area contributed by atoms with Crippen LogP contribution in [0.5, 0.6) is 5.75 Å². The molecule has 7 heteroatoms. The molecule has 0 aliphatic carbocycles. The number of aromatic amines is 1. The first-order chi connectivity index (χ1) is 9.15. The smallest absolute Gasteiger partial charge is 0.258 e. The van der Waals surface area contributed by atoms with Crippen molar-refractivity contribution in [3.63, 3.8) is 0 Å². The van der Waals surface area contributed by atoms with Gasteiger partial charge in [-0.1, -0.05) is 15.9 Å². The van der Waals surface area contributed by atoms with Crippen LogP contribution in [0.25, 0.3) is 0 Å². The number of nitrogens with zero attached hydrogens (tertiary/aromatic N) is 1. The molecule has 0 atom stereocenters. The highest BCUT2D eigenvalue weighted by atomic mass is 79.9. The number of halogens is 2. The average Bonchev–Trinajstić information content (AvgIpc) is 2.88. The molecule has 100 valence electrons. The molecular formula is C12H11BrFN3O2. The van der Waals surface area contributed by atoms with Gasteiger partial charge in [0.05, 0.1) is 18.6 Å². The zero-order chi connectivity index (χ0) is 13.7. The number of hydrogen-bond acceptors (Lipinski definition) is 3. The molecule has 1 amide bonds. The minimum absolute atomic E-state index is 0.0416. The second-order valence-corrected chi connectivity index (χ2v) is 4.63. The van der Waals surface area contributed by atoms with Crippen LogP contribution < -0.4 is 10.1 Å². The van der Waals surface area contributed by atoms with Crippen LogP contribution in [0.15, 0.2) is 35.2 Å². The summed E-state index contributed by atoms with van der Waals surface area (Å²) in [6, 6.07) is 4.38. The van der Waals surface area contributed by atoms with Crippen LogP contribution in [0.3, 0.4) is 0 Å². The lowest BCUT2D eigenvalue weighted by Gasteiger charge is -2.07. The molecule has 0 aliphatic heterocycles. The molecule has 2 aromatic rings. The summed E-state index contributed by atoms with van der Waals surface area (Å²) in [6.07, 6.45) is 3.13. The van der Waals surface area contributed by atoms with Crippen LogP contribution in [0.4, 0.5) is 4.39 Å². The molecule has 5 nitrogen and oxygen atoms in total. The fraction of sp³-hybridized carbons (Fsp3) is 0.167. The van der Waals surface area contributed by atoms with E-state index in [4.69, 9.17) is 4.74 Å². The maximum absolute atomic E-state index is 13.4. The Labute approximate surface area is 117 Å². The van der Waals surface area contributed by atoms with Crippen LogP contribution in [0.1, 0.15) is 5.69 Å². The molecule has 1 aromatic carbocycles. The van der Waals surface area contributed by atoms with E-state index in [1.165, 1.54) is 18.5 Å². The van der Waals surface area contributed by atoms with Crippen molar-refractivity contribution in [2.75, 3.05) is 6.61 Å². The topological polar surface area (TPSA) is 67.0 Å². The van der Waals surface area contributed by atoms with E-state index in [-0.39, 0.29) is 18.3 Å². The molecule has 0 unspecified atom stereocenters. The third kappa shape index (κ3) is 4.06. The molecular weight excluding hydrogens is 317 g/mol. The number of H-pyrrole nitrogens is 1. The Morgan fingerprint density at radius 1 is 1.53 bits per heavy atom. The van der Waals surface area contributed by atoms with E-state index in [0.29, 0.717) is 11.0 Å². The molecule has 2 rings (SSSR count). The number of rotatable bonds is 5. The minimum atomic E-state index is -0.518. The predicted molar refractivity (Wildman–Crippen MR) is 70.0 cm³/mol. The Morgan fingerprint density at radius 2 is 2.37 bits per heavy atom. The molecule has 0 spiro atoms. The van der Waals surface area contributed by atoms with Crippen molar-refractivity contribution >= 4 is 21.8 Å². The van der Waals surface area contributed by atoms with Gasteiger partial charge in [-0.3, -0.25) is 4.79 Å². The number of nitrogens with one attached hydrogen (secondary N) is 2. The second-order valence-electron chi connectivity index (χ2n) is 3.72. The standard InChI is InChI=1S/C12H11BrFN3O2/c13-8-1-2-11(10(14)3-8)19-6-12(18)16-5-9-4-15-7-17-9/h1-4,7H,5-6H2,(H,15,17)(H,16,18). The highest BCUT2D eigenvalue weighted by molar-refractivity contribution is 9.10. The van der Waals surface area contributed by atoms with Crippen LogP contribution >= 0.6 is 15.9 Å². The lowest BCUT2D eigenvalue weighted by molar-refractivity contribution is -0.123. The molecule has 0 bridgehead atoms. The monoisotopic (exact) mass is 327 g/mol. The lowest BCUT2D eigenvalue weighted by Crippen LogP contribution is -2.28. The van der Waals surface area contributed by atoms with Gasteiger partial charge in [-0.15, -0.1) is 0 Å². The van der Waals surface area contributed by atoms with Gasteiger partial charge in [0.25, 0.3) is 5.91 Å². The maximum Gasteiger partial charge on any atom is 0.258 e. The lowest BCUT2D eigenvalue weighted by atomic mass is 10.3. The summed E-state index contributed by atoms with van der Waals surface area (Å²) in [5.41, 5.74) is 0.781. The first-order valence-corrected chi connectivity index (χ1v) is 6.26. The third-order valence-electron chi connectivity index (χ3n) is 2.28. The molecule has 0 saturated heterocycles. The van der Waals surface area contributed by atoms with Gasteiger partial charge >= 0.3 is 0 Å². The van der Waals surface area contributed by atoms with Crippen molar-refractivity contribution in [2.24, 2.45) is 0 Å². The number of imidazole rings is 1. The Kier molecular flexibility index (Phi) is 4.51. The summed E-state index contributed by atoms with van der Waals surface area (Å²) in [5.74, 6) is -0.812. The summed E-state index contributed by atoms with van der Waals surface area (Å²) < 4.78 is 19.1. The SMILES string of the molecule is O=C(COc1ccc(Br)cc1F)NCc1cnc[nH]1. The number of amides is 1. The third-order valence-corrected chi connectivity index (χ3v) is 2.78. The zero-order valence-corrected chi connectivity index (χ0v) is 11.4. The molecule has 0 radical (unpaired) electrons. The van der Waals surface area contributed by atoms with Gasteiger partial charge in [-0.2, -0.15) is 0 Å². The van der Waals surface area contributed by atoms with Gasteiger partial charge in [0, 0.05) is 10.7 Å². The Hall–Kier alpha value is -1.89. The predicted octanol–water partition coefficient (Wildman–Crippen LogP) is 2.01. The number of carbonyl (C=O) groups is 1. The Balaban J connectivity index is 1.80. The van der Waals surface area contributed by atoms with E-state index in [1.807, 2.05) is 0 Å². The first kappa shape index (κ1) is 13.5. The maximum atomic E-state index is 13.4. The Bertz CT molecular complexity index is 560. The molecule has 1 aromatic heterocycles. The van der Waals surface area contributed by atoms with Gasteiger partial charge in [0.2, 0.25) is 0 Å². The van der Waals surface area contributed by atoms with Crippen molar-refractivity contribution in [2.45, 2.75) is 6.54 Å². The number of benzene rings is 1. The van der Waals surface area contributed by atoms with Crippen molar-refractivity contribution in [3.05, 3.63) is 46.7 Å². The quantitative estimate of drug-likeness (QED) is 0.882. The van der Waals surface area contributed by atoms with E-state index >= 15 is 0 Å². The van der Waals surface area contributed by atoms with E-state index in [1.54, 1.807) is 12.3 Å². The van der Waals surface area contributed by atoms with Crippen LogP contribution in [0.2, 0.25) is 0 Å². The average molecular weight is 328 g/mol. The largest absolute Gasteiger partial charge is 0.481 e. The zero-order valence-electron chi connectivity index (χ0n) is 9.82. The molecule has 0 fully saturated rings. The molecule has 0 saturated carbocycles. The van der Waals surface area contributed by atoms with Crippen molar-refractivity contribution in [1.29, 1.82) is 0 Å².